The Balaban J connectivity index is 2.32. The molecule has 0 saturated heterocycles. The van der Waals surface area contributed by atoms with Crippen LogP contribution in [0.5, 0.6) is 0 Å². The van der Waals surface area contributed by atoms with Crippen LogP contribution in [-0.4, -0.2) is 28.0 Å². The molecule has 0 aliphatic rings. The van der Waals surface area contributed by atoms with Gasteiger partial charge < -0.3 is 5.32 Å². The van der Waals surface area contributed by atoms with Gasteiger partial charge in [-0.25, -0.2) is 4.63 Å². The first kappa shape index (κ1) is 13.2. The molecule has 6 nitrogen and oxygen atoms in total. The molecule has 2 aromatic rings. The highest BCUT2D eigenvalue weighted by Gasteiger charge is 2.24. The van der Waals surface area contributed by atoms with Crippen molar-refractivity contribution in [3.8, 4) is 0 Å². The molecule has 0 spiro atoms. The number of amides is 1. The molecule has 2 rings (SSSR count). The molecule has 0 aliphatic heterocycles. The van der Waals surface area contributed by atoms with E-state index in [0.717, 1.165) is 0 Å². The molecule has 0 saturated carbocycles. The van der Waals surface area contributed by atoms with E-state index in [1.807, 2.05) is 13.8 Å². The topological polar surface area (TPSA) is 85.1 Å². The van der Waals surface area contributed by atoms with E-state index in [1.165, 1.54) is 6.92 Å². The first-order chi connectivity index (χ1) is 8.99. The highest BCUT2D eigenvalue weighted by atomic mass is 16.6. The number of ketones is 1. The maximum atomic E-state index is 12.4. The van der Waals surface area contributed by atoms with Crippen molar-refractivity contribution in [1.29, 1.82) is 0 Å². The van der Waals surface area contributed by atoms with E-state index in [4.69, 9.17) is 0 Å². The smallest absolute Gasteiger partial charge is 0.217 e. The van der Waals surface area contributed by atoms with Gasteiger partial charge in [0.15, 0.2) is 5.78 Å². The second-order valence-electron chi connectivity index (χ2n) is 4.75. The highest BCUT2D eigenvalue weighted by Crippen LogP contribution is 2.15. The number of nitrogens with one attached hydrogen (secondary N) is 1. The van der Waals surface area contributed by atoms with Gasteiger partial charge in [0.2, 0.25) is 5.91 Å². The van der Waals surface area contributed by atoms with Crippen molar-refractivity contribution in [3.05, 3.63) is 23.8 Å². The van der Waals surface area contributed by atoms with Crippen molar-refractivity contribution in [1.82, 2.24) is 15.6 Å². The fourth-order valence-corrected chi connectivity index (χ4v) is 1.87. The summed E-state index contributed by atoms with van der Waals surface area (Å²) in [6.07, 6.45) is 0. The molecule has 1 N–H and O–H groups in total. The Morgan fingerprint density at radius 3 is 2.53 bits per heavy atom. The molecule has 1 atom stereocenters. The quantitative estimate of drug-likeness (QED) is 0.844. The van der Waals surface area contributed by atoms with E-state index in [2.05, 4.69) is 20.3 Å². The van der Waals surface area contributed by atoms with Crippen molar-refractivity contribution in [2.75, 3.05) is 0 Å². The Kier molecular flexibility index (Phi) is 3.59. The largest absolute Gasteiger partial charge is 0.346 e. The zero-order valence-corrected chi connectivity index (χ0v) is 11.0. The van der Waals surface area contributed by atoms with E-state index in [9.17, 15) is 9.59 Å². The van der Waals surface area contributed by atoms with Crippen LogP contribution in [0, 0.1) is 5.92 Å². The molecule has 1 aromatic carbocycles. The minimum absolute atomic E-state index is 0.00234. The minimum atomic E-state index is -0.546. The van der Waals surface area contributed by atoms with Crippen molar-refractivity contribution in [3.63, 3.8) is 0 Å². The van der Waals surface area contributed by atoms with Crippen LogP contribution in [0.2, 0.25) is 0 Å². The van der Waals surface area contributed by atoms with Crippen LogP contribution < -0.4 is 5.32 Å². The Morgan fingerprint density at radius 1 is 1.21 bits per heavy atom. The fourth-order valence-electron chi connectivity index (χ4n) is 1.87. The summed E-state index contributed by atoms with van der Waals surface area (Å²) in [4.78, 5) is 23.6. The highest BCUT2D eigenvalue weighted by molar-refractivity contribution is 6.03. The van der Waals surface area contributed by atoms with E-state index in [-0.39, 0.29) is 17.6 Å². The van der Waals surface area contributed by atoms with Crippen LogP contribution in [-0.2, 0) is 4.79 Å². The lowest BCUT2D eigenvalue weighted by atomic mass is 9.94. The molecule has 0 fully saturated rings. The molecule has 0 bridgehead atoms. The normalized spacial score (nSPS) is 12.6. The first-order valence-electron chi connectivity index (χ1n) is 6.02. The summed E-state index contributed by atoms with van der Waals surface area (Å²) in [6, 6.07) is 4.40. The van der Waals surface area contributed by atoms with Crippen LogP contribution in [0.4, 0.5) is 0 Å². The maximum Gasteiger partial charge on any atom is 0.217 e. The number of fused-ring (bicyclic) bond motifs is 1. The third-order valence-electron chi connectivity index (χ3n) is 2.85. The molecule has 0 aliphatic carbocycles. The number of hydrogen-bond donors (Lipinski definition) is 1. The number of aromatic nitrogens is 2. The third kappa shape index (κ3) is 2.78. The Bertz CT molecular complexity index is 618. The fraction of sp³-hybridized carbons (Fsp3) is 0.385. The van der Waals surface area contributed by atoms with Gasteiger partial charge in [0, 0.05) is 12.5 Å². The summed E-state index contributed by atoms with van der Waals surface area (Å²) in [6.45, 7) is 5.16. The number of hydrogen-bond acceptors (Lipinski definition) is 5. The van der Waals surface area contributed by atoms with Crippen molar-refractivity contribution >= 4 is 22.7 Å². The van der Waals surface area contributed by atoms with Gasteiger partial charge in [-0.05, 0) is 34.4 Å². The van der Waals surface area contributed by atoms with Gasteiger partial charge in [-0.3, -0.25) is 9.59 Å². The number of carbonyl (C=O) groups excluding carboxylic acids is 2. The summed E-state index contributed by atoms with van der Waals surface area (Å²) in [7, 11) is 0. The second-order valence-corrected chi connectivity index (χ2v) is 4.75. The predicted molar refractivity (Wildman–Crippen MR) is 68.6 cm³/mol. The van der Waals surface area contributed by atoms with Gasteiger partial charge in [-0.2, -0.15) is 0 Å². The maximum absolute atomic E-state index is 12.4. The number of carbonyl (C=O) groups is 2. The number of nitrogens with zero attached hydrogens (tertiary/aromatic N) is 2. The number of rotatable bonds is 4. The van der Waals surface area contributed by atoms with Crippen molar-refractivity contribution in [2.45, 2.75) is 26.8 Å². The van der Waals surface area contributed by atoms with Crippen LogP contribution in [0.1, 0.15) is 31.1 Å². The molecule has 1 amide bonds. The monoisotopic (exact) mass is 261 g/mol. The summed E-state index contributed by atoms with van der Waals surface area (Å²) in [5.41, 5.74) is 1.60. The predicted octanol–water partition coefficient (Wildman–Crippen LogP) is 1.57. The number of Topliss-reactive ketones (excluding diaryl/α,β-unsaturated/α-hetero) is 1. The van der Waals surface area contributed by atoms with Crippen LogP contribution in [0.15, 0.2) is 22.8 Å². The molecule has 0 radical (unpaired) electrons. The second kappa shape index (κ2) is 5.17. The van der Waals surface area contributed by atoms with Crippen LogP contribution in [0.3, 0.4) is 0 Å². The summed E-state index contributed by atoms with van der Waals surface area (Å²) < 4.78 is 4.59. The zero-order valence-electron chi connectivity index (χ0n) is 11.0. The molecule has 100 valence electrons. The van der Waals surface area contributed by atoms with Gasteiger partial charge in [0.05, 0.1) is 6.04 Å². The van der Waals surface area contributed by atoms with Gasteiger partial charge in [-0.1, -0.05) is 13.8 Å². The average Bonchev–Trinajstić information content (AvgIpc) is 2.81. The van der Waals surface area contributed by atoms with Gasteiger partial charge in [0.25, 0.3) is 0 Å². The third-order valence-corrected chi connectivity index (χ3v) is 2.85. The molecule has 6 heteroatoms. The zero-order chi connectivity index (χ0) is 14.0. The Labute approximate surface area is 110 Å². The van der Waals surface area contributed by atoms with Crippen molar-refractivity contribution in [2.24, 2.45) is 5.92 Å². The molecule has 1 aromatic heterocycles. The van der Waals surface area contributed by atoms with Gasteiger partial charge >= 0.3 is 0 Å². The SMILES string of the molecule is CC(=O)NC(C(=O)c1ccc2nonc2c1)C(C)C. The molecule has 19 heavy (non-hydrogen) atoms. The van der Waals surface area contributed by atoms with E-state index in [0.29, 0.717) is 16.6 Å². The van der Waals surface area contributed by atoms with E-state index in [1.54, 1.807) is 18.2 Å². The first-order valence-corrected chi connectivity index (χ1v) is 6.02. The molecule has 1 unspecified atom stereocenters. The van der Waals surface area contributed by atoms with Gasteiger partial charge in [-0.15, -0.1) is 0 Å². The van der Waals surface area contributed by atoms with Gasteiger partial charge in [0.1, 0.15) is 11.0 Å². The summed E-state index contributed by atoms with van der Waals surface area (Å²) in [5.74, 6) is -0.367. The lowest BCUT2D eigenvalue weighted by molar-refractivity contribution is -0.119. The van der Waals surface area contributed by atoms with Crippen molar-refractivity contribution < 1.29 is 14.2 Å². The molecular formula is C13H15N3O3. The summed E-state index contributed by atoms with van der Waals surface area (Å²) >= 11 is 0. The minimum Gasteiger partial charge on any atom is -0.346 e. The Hall–Kier alpha value is -2.24. The summed E-state index contributed by atoms with van der Waals surface area (Å²) in [5, 5.41) is 10.1. The Morgan fingerprint density at radius 2 is 1.89 bits per heavy atom. The van der Waals surface area contributed by atoms with Crippen LogP contribution in [0.25, 0.3) is 11.0 Å². The lowest BCUT2D eigenvalue weighted by Gasteiger charge is -2.20. The van der Waals surface area contributed by atoms with E-state index < -0.39 is 6.04 Å². The number of benzene rings is 1. The van der Waals surface area contributed by atoms with E-state index >= 15 is 0 Å². The standard InChI is InChI=1S/C13H15N3O3/c1-7(2)12(14-8(3)17)13(18)9-4-5-10-11(6-9)16-19-15-10/h4-7,12H,1-3H3,(H,14,17). The average molecular weight is 261 g/mol. The lowest BCUT2D eigenvalue weighted by Crippen LogP contribution is -2.43. The van der Waals surface area contributed by atoms with Crippen LogP contribution >= 0.6 is 0 Å². The molecular weight excluding hydrogens is 246 g/mol. The molecule has 1 heterocycles.